The molecule has 0 radical (unpaired) electrons. The van der Waals surface area contributed by atoms with Gasteiger partial charge in [-0.3, -0.25) is 24.6 Å². The van der Waals surface area contributed by atoms with Crippen molar-refractivity contribution in [3.8, 4) is 11.1 Å². The summed E-state index contributed by atoms with van der Waals surface area (Å²) in [5.74, 6) is 0.207. The zero-order valence-electron chi connectivity index (χ0n) is 30.7. The summed E-state index contributed by atoms with van der Waals surface area (Å²) in [6, 6.07) is 18.6. The Morgan fingerprint density at radius 2 is 1.66 bits per heavy atom. The van der Waals surface area contributed by atoms with Crippen molar-refractivity contribution in [3.63, 3.8) is 0 Å². The number of ether oxygens (including phenoxy) is 3. The summed E-state index contributed by atoms with van der Waals surface area (Å²) in [6.45, 7) is 12.6. The van der Waals surface area contributed by atoms with Gasteiger partial charge in [0.1, 0.15) is 17.5 Å². The quantitative estimate of drug-likeness (QED) is 0.111. The number of amides is 2. The second-order valence-corrected chi connectivity index (χ2v) is 15.0. The highest BCUT2D eigenvalue weighted by molar-refractivity contribution is 7.13. The molecule has 0 spiro atoms. The van der Waals surface area contributed by atoms with Gasteiger partial charge in [0.2, 0.25) is 0 Å². The molecule has 1 N–H and O–H groups in total. The highest BCUT2D eigenvalue weighted by atomic mass is 32.1. The van der Waals surface area contributed by atoms with Crippen LogP contribution in [-0.4, -0.2) is 102 Å². The molecule has 2 aromatic carbocycles. The summed E-state index contributed by atoms with van der Waals surface area (Å²) in [7, 11) is 0. The number of pyridine rings is 1. The molecule has 6 rings (SSSR count). The zero-order valence-corrected chi connectivity index (χ0v) is 31.5. The van der Waals surface area contributed by atoms with Crippen molar-refractivity contribution in [2.75, 3.05) is 69.4 Å². The van der Waals surface area contributed by atoms with Gasteiger partial charge < -0.3 is 24.0 Å². The van der Waals surface area contributed by atoms with Crippen molar-refractivity contribution in [1.82, 2.24) is 19.8 Å². The first kappa shape index (κ1) is 38.0. The Balaban J connectivity index is 0.947. The number of rotatable bonds is 16. The molecule has 13 heteroatoms. The molecular weight excluding hydrogens is 693 g/mol. The lowest BCUT2D eigenvalue weighted by molar-refractivity contribution is -0.156. The van der Waals surface area contributed by atoms with E-state index in [0.29, 0.717) is 43.7 Å². The molecule has 4 aromatic rings. The summed E-state index contributed by atoms with van der Waals surface area (Å²) >= 11 is 1.34. The largest absolute Gasteiger partial charge is 0.460 e. The lowest BCUT2D eigenvalue weighted by Gasteiger charge is -2.35. The number of thiazole rings is 1. The predicted molar refractivity (Wildman–Crippen MR) is 205 cm³/mol. The van der Waals surface area contributed by atoms with Gasteiger partial charge in [-0.05, 0) is 62.1 Å². The molecule has 2 aliphatic rings. The maximum absolute atomic E-state index is 13.9. The fraction of sp³-hybridized carbons (Fsp3) is 0.425. The first-order valence-corrected chi connectivity index (χ1v) is 19.0. The van der Waals surface area contributed by atoms with E-state index in [1.165, 1.54) is 11.3 Å². The van der Waals surface area contributed by atoms with E-state index in [1.54, 1.807) is 16.5 Å². The molecule has 1 fully saturated rings. The molecule has 1 atom stereocenters. The number of hydrogen-bond acceptors (Lipinski definition) is 11. The highest BCUT2D eigenvalue weighted by Gasteiger charge is 2.38. The number of carbonyl (C=O) groups is 3. The van der Waals surface area contributed by atoms with Crippen LogP contribution >= 0.6 is 11.3 Å². The van der Waals surface area contributed by atoms with E-state index < -0.39 is 11.6 Å². The smallest absolute Gasteiger partial charge is 0.308 e. The normalized spacial score (nSPS) is 15.3. The average Bonchev–Trinajstić information content (AvgIpc) is 3.78. The van der Waals surface area contributed by atoms with E-state index >= 15 is 0 Å². The molecule has 1 unspecified atom stereocenters. The van der Waals surface area contributed by atoms with E-state index in [0.717, 1.165) is 67.2 Å². The van der Waals surface area contributed by atoms with Crippen LogP contribution in [0.5, 0.6) is 0 Å². The van der Waals surface area contributed by atoms with Gasteiger partial charge in [-0.1, -0.05) is 42.5 Å². The van der Waals surface area contributed by atoms with Gasteiger partial charge >= 0.3 is 5.97 Å². The summed E-state index contributed by atoms with van der Waals surface area (Å²) in [5.41, 5.74) is 3.57. The van der Waals surface area contributed by atoms with E-state index in [-0.39, 0.29) is 24.2 Å². The van der Waals surface area contributed by atoms with Gasteiger partial charge in [0.15, 0.2) is 5.13 Å². The van der Waals surface area contributed by atoms with Crippen molar-refractivity contribution >= 4 is 40.1 Å². The Morgan fingerprint density at radius 3 is 2.36 bits per heavy atom. The lowest BCUT2D eigenvalue weighted by Crippen LogP contribution is -2.47. The van der Waals surface area contributed by atoms with E-state index in [1.807, 2.05) is 81.6 Å². The van der Waals surface area contributed by atoms with Crippen LogP contribution in [-0.2, 0) is 30.3 Å². The van der Waals surface area contributed by atoms with Crippen LogP contribution < -0.4 is 10.2 Å². The first-order chi connectivity index (χ1) is 25.6. The summed E-state index contributed by atoms with van der Waals surface area (Å²) in [5, 5.41) is 5.18. The van der Waals surface area contributed by atoms with Crippen LogP contribution in [0.15, 0.2) is 78.4 Å². The van der Waals surface area contributed by atoms with Gasteiger partial charge in [-0.25, -0.2) is 9.97 Å². The summed E-state index contributed by atoms with van der Waals surface area (Å²) in [4.78, 5) is 54.5. The van der Waals surface area contributed by atoms with Crippen LogP contribution in [0.3, 0.4) is 0 Å². The molecule has 4 heterocycles. The van der Waals surface area contributed by atoms with Crippen molar-refractivity contribution in [3.05, 3.63) is 95.1 Å². The maximum Gasteiger partial charge on any atom is 0.308 e. The van der Waals surface area contributed by atoms with Gasteiger partial charge in [0.05, 0.1) is 19.6 Å². The number of nitrogens with one attached hydrogen (secondary N) is 1. The molecule has 2 amide bonds. The Kier molecular flexibility index (Phi) is 12.8. The minimum atomic E-state index is -0.799. The molecule has 2 aliphatic heterocycles. The second-order valence-electron chi connectivity index (χ2n) is 14.1. The van der Waals surface area contributed by atoms with Crippen molar-refractivity contribution in [2.45, 2.75) is 51.8 Å². The number of benzene rings is 2. The Morgan fingerprint density at radius 1 is 0.906 bits per heavy atom. The standard InChI is InChI=1S/C40H48N6O6S/c1-40(2,3)52-35(47)14-23-50-21-7-22-51-24-20-44-16-18-45(19-17-44)34-13-12-31(27-42-34)30-10-11-32-28-46(38(49)33(32)26-30)36(29-8-5-4-6-9-29)37(48)43-39-41-15-25-53-39/h4-6,8-13,15,25-27,36H,7,14,16-24,28H2,1-3H3,(H,41,43,48). The number of anilines is 2. The first-order valence-electron chi connectivity index (χ1n) is 18.1. The molecule has 0 saturated carbocycles. The van der Waals surface area contributed by atoms with Crippen molar-refractivity contribution < 1.29 is 28.6 Å². The maximum atomic E-state index is 13.9. The van der Waals surface area contributed by atoms with Crippen molar-refractivity contribution in [2.24, 2.45) is 0 Å². The Bertz CT molecular complexity index is 1810. The number of aromatic nitrogens is 2. The second kappa shape index (κ2) is 17.9. The van der Waals surface area contributed by atoms with Gasteiger partial charge in [-0.15, -0.1) is 11.3 Å². The highest BCUT2D eigenvalue weighted by Crippen LogP contribution is 2.35. The van der Waals surface area contributed by atoms with Crippen LogP contribution in [0.1, 0.15) is 61.1 Å². The van der Waals surface area contributed by atoms with Gasteiger partial charge in [-0.2, -0.15) is 0 Å². The van der Waals surface area contributed by atoms with Crippen LogP contribution in [0.4, 0.5) is 10.9 Å². The average molecular weight is 741 g/mol. The molecule has 53 heavy (non-hydrogen) atoms. The third-order valence-electron chi connectivity index (χ3n) is 9.06. The minimum Gasteiger partial charge on any atom is -0.460 e. The fourth-order valence-electron chi connectivity index (χ4n) is 6.43. The van der Waals surface area contributed by atoms with E-state index in [4.69, 9.17) is 19.2 Å². The van der Waals surface area contributed by atoms with Gasteiger partial charge in [0.25, 0.3) is 11.8 Å². The number of carbonyl (C=O) groups excluding carboxylic acids is 3. The third-order valence-corrected chi connectivity index (χ3v) is 9.75. The molecule has 2 aromatic heterocycles. The number of piperazine rings is 1. The minimum absolute atomic E-state index is 0.181. The monoisotopic (exact) mass is 740 g/mol. The topological polar surface area (TPSA) is 126 Å². The van der Waals surface area contributed by atoms with Crippen LogP contribution in [0.2, 0.25) is 0 Å². The Labute approximate surface area is 315 Å². The number of nitrogens with zero attached hydrogens (tertiary/aromatic N) is 5. The predicted octanol–water partition coefficient (Wildman–Crippen LogP) is 5.82. The zero-order chi connectivity index (χ0) is 37.2. The Hall–Kier alpha value is -4.69. The molecule has 280 valence electrons. The van der Waals surface area contributed by atoms with Crippen molar-refractivity contribution in [1.29, 1.82) is 0 Å². The molecule has 0 bridgehead atoms. The fourth-order valence-corrected chi connectivity index (χ4v) is 6.96. The summed E-state index contributed by atoms with van der Waals surface area (Å²) in [6.07, 6.45) is 4.54. The summed E-state index contributed by atoms with van der Waals surface area (Å²) < 4.78 is 16.6. The molecule has 1 saturated heterocycles. The number of hydrogen-bond donors (Lipinski definition) is 1. The van der Waals surface area contributed by atoms with Crippen LogP contribution in [0.25, 0.3) is 11.1 Å². The molecule has 0 aliphatic carbocycles. The number of fused-ring (bicyclic) bond motifs is 1. The van der Waals surface area contributed by atoms with E-state index in [2.05, 4.69) is 26.2 Å². The molecular formula is C40H48N6O6S. The van der Waals surface area contributed by atoms with Crippen LogP contribution in [0, 0.1) is 0 Å². The lowest BCUT2D eigenvalue weighted by atomic mass is 10.0. The number of esters is 1. The van der Waals surface area contributed by atoms with Gasteiger partial charge in [0, 0.05) is 81.4 Å². The molecule has 12 nitrogen and oxygen atoms in total. The third kappa shape index (κ3) is 10.5. The van der Waals surface area contributed by atoms with E-state index in [9.17, 15) is 14.4 Å². The SMILES string of the molecule is CC(C)(C)OC(=O)CCOCCCOCCN1CCN(c2ccc(-c3ccc4c(c3)C(=O)N(C(C(=O)Nc3nccs3)c3ccccc3)C4)cn2)CC1.